The monoisotopic (exact) mass is 451 g/mol. The summed E-state index contributed by atoms with van der Waals surface area (Å²) in [5.41, 5.74) is 1.89. The number of fused-ring (bicyclic) bond motifs is 3. The lowest BCUT2D eigenvalue weighted by Crippen LogP contribution is -2.41. The van der Waals surface area contributed by atoms with Gasteiger partial charge < -0.3 is 9.88 Å². The molecule has 0 spiro atoms. The van der Waals surface area contributed by atoms with E-state index in [4.69, 9.17) is 0 Å². The Morgan fingerprint density at radius 2 is 1.94 bits per heavy atom. The molecule has 0 fully saturated rings. The summed E-state index contributed by atoms with van der Waals surface area (Å²) in [6, 6.07) is 8.37. The first kappa shape index (κ1) is 19.5. The Kier molecular flexibility index (Phi) is 4.10. The number of carbonyl (C=O) groups excluding carboxylic acids is 1. The molecule has 0 aliphatic carbocycles. The molecule has 6 rings (SSSR count). The van der Waals surface area contributed by atoms with Gasteiger partial charge in [-0.15, -0.1) is 0 Å². The van der Waals surface area contributed by atoms with Crippen molar-refractivity contribution in [2.45, 2.75) is 18.6 Å². The Morgan fingerprint density at radius 1 is 1.09 bits per heavy atom. The molecule has 1 atom stereocenters. The zero-order chi connectivity index (χ0) is 22.7. The van der Waals surface area contributed by atoms with Gasteiger partial charge >= 0.3 is 6.18 Å². The molecule has 166 valence electrons. The summed E-state index contributed by atoms with van der Waals surface area (Å²) in [6.45, 7) is 0.350. The summed E-state index contributed by atoms with van der Waals surface area (Å²) >= 11 is 0. The van der Waals surface area contributed by atoms with Crippen LogP contribution in [0.4, 0.5) is 13.2 Å². The van der Waals surface area contributed by atoms with Gasteiger partial charge in [-0.1, -0.05) is 6.07 Å². The number of halogens is 3. The standard InChI is InChI=1S/C22H16F3N7O/c23-22(24,25)14-4-3-8-32-18(14)10-16(29-32)20-19-15(26-12-27-19)6-9-30(20)21(33)13-11-28-31-7-2-1-5-17(13)31/h1-5,7-8,10-12,20H,6,9H2,(H,26,27)/t20-/m1/s1. The lowest BCUT2D eigenvalue weighted by atomic mass is 9.98. The first-order chi connectivity index (χ1) is 15.9. The highest BCUT2D eigenvalue weighted by Gasteiger charge is 2.38. The van der Waals surface area contributed by atoms with E-state index in [0.29, 0.717) is 35.4 Å². The number of amides is 1. The molecule has 33 heavy (non-hydrogen) atoms. The summed E-state index contributed by atoms with van der Waals surface area (Å²) in [7, 11) is 0. The number of aromatic amines is 1. The molecule has 0 saturated carbocycles. The summed E-state index contributed by atoms with van der Waals surface area (Å²) in [5.74, 6) is -0.289. The lowest BCUT2D eigenvalue weighted by Gasteiger charge is -2.33. The minimum atomic E-state index is -4.53. The third-order valence-electron chi connectivity index (χ3n) is 5.95. The molecule has 8 nitrogen and oxygen atoms in total. The maximum atomic E-state index is 13.7. The van der Waals surface area contributed by atoms with Gasteiger partial charge in [0, 0.05) is 31.1 Å². The van der Waals surface area contributed by atoms with Crippen molar-refractivity contribution >= 4 is 16.9 Å². The molecule has 0 unspecified atom stereocenters. The average molecular weight is 451 g/mol. The Hall–Kier alpha value is -4.15. The van der Waals surface area contributed by atoms with Crippen molar-refractivity contribution in [1.82, 2.24) is 34.1 Å². The van der Waals surface area contributed by atoms with Gasteiger partial charge in [-0.05, 0) is 30.3 Å². The van der Waals surface area contributed by atoms with Crippen LogP contribution < -0.4 is 0 Å². The van der Waals surface area contributed by atoms with Crippen molar-refractivity contribution in [3.63, 3.8) is 0 Å². The fraction of sp³-hybridized carbons (Fsp3) is 0.182. The minimum Gasteiger partial charge on any atom is -0.348 e. The molecular formula is C22H16F3N7O. The van der Waals surface area contributed by atoms with Crippen molar-refractivity contribution < 1.29 is 18.0 Å². The van der Waals surface area contributed by atoms with Crippen molar-refractivity contribution in [2.75, 3.05) is 6.54 Å². The number of carbonyl (C=O) groups is 1. The van der Waals surface area contributed by atoms with E-state index in [0.717, 1.165) is 11.8 Å². The predicted octanol–water partition coefficient (Wildman–Crippen LogP) is 3.51. The summed E-state index contributed by atoms with van der Waals surface area (Å²) in [5, 5.41) is 8.66. The quantitative estimate of drug-likeness (QED) is 0.445. The summed E-state index contributed by atoms with van der Waals surface area (Å²) in [6.07, 6.45) is 2.23. The van der Waals surface area contributed by atoms with Crippen LogP contribution in [-0.4, -0.2) is 46.5 Å². The second kappa shape index (κ2) is 6.92. The van der Waals surface area contributed by atoms with Crippen molar-refractivity contribution in [1.29, 1.82) is 0 Å². The number of nitrogens with zero attached hydrogens (tertiary/aromatic N) is 6. The first-order valence-corrected chi connectivity index (χ1v) is 10.2. The van der Waals surface area contributed by atoms with E-state index < -0.39 is 17.8 Å². The van der Waals surface area contributed by atoms with E-state index in [9.17, 15) is 18.0 Å². The SMILES string of the molecule is O=C(c1cnn2ccccc12)N1CCc2[nH]cnc2[C@H]1c1cc2c(C(F)(F)F)cccn2n1. The number of nitrogens with one attached hydrogen (secondary N) is 1. The van der Waals surface area contributed by atoms with Gasteiger partial charge in [-0.3, -0.25) is 4.79 Å². The largest absolute Gasteiger partial charge is 0.418 e. The van der Waals surface area contributed by atoms with Crippen molar-refractivity contribution in [3.05, 3.63) is 89.5 Å². The van der Waals surface area contributed by atoms with E-state index in [1.807, 2.05) is 12.1 Å². The number of hydrogen-bond donors (Lipinski definition) is 1. The van der Waals surface area contributed by atoms with Crippen LogP contribution in [0.1, 0.15) is 39.0 Å². The number of imidazole rings is 1. The molecule has 1 aliphatic rings. The maximum absolute atomic E-state index is 13.7. The highest BCUT2D eigenvalue weighted by molar-refractivity contribution is 6.01. The van der Waals surface area contributed by atoms with Gasteiger partial charge in [0.1, 0.15) is 6.04 Å². The topological polar surface area (TPSA) is 83.6 Å². The minimum absolute atomic E-state index is 0.0777. The van der Waals surface area contributed by atoms with E-state index >= 15 is 0 Å². The number of pyridine rings is 2. The smallest absolute Gasteiger partial charge is 0.348 e. The Bertz CT molecular complexity index is 1510. The number of H-pyrrole nitrogens is 1. The van der Waals surface area contributed by atoms with Gasteiger partial charge in [0.05, 0.1) is 46.1 Å². The molecule has 0 saturated heterocycles. The molecule has 0 radical (unpaired) electrons. The highest BCUT2D eigenvalue weighted by Crippen LogP contribution is 2.37. The zero-order valence-electron chi connectivity index (χ0n) is 17.0. The van der Waals surface area contributed by atoms with Crippen LogP contribution in [0.15, 0.2) is 61.3 Å². The molecule has 6 heterocycles. The number of hydrogen-bond acceptors (Lipinski definition) is 4. The first-order valence-electron chi connectivity index (χ1n) is 10.2. The van der Waals surface area contributed by atoms with Gasteiger partial charge in [0.15, 0.2) is 0 Å². The number of rotatable bonds is 2. The molecule has 0 aromatic carbocycles. The second-order valence-electron chi connectivity index (χ2n) is 7.82. The van der Waals surface area contributed by atoms with Gasteiger partial charge in [0.25, 0.3) is 5.91 Å². The second-order valence-corrected chi connectivity index (χ2v) is 7.82. The van der Waals surface area contributed by atoms with E-state index in [2.05, 4.69) is 20.2 Å². The van der Waals surface area contributed by atoms with Crippen LogP contribution in [0.3, 0.4) is 0 Å². The third kappa shape index (κ3) is 2.99. The van der Waals surface area contributed by atoms with Crippen LogP contribution >= 0.6 is 0 Å². The van der Waals surface area contributed by atoms with Crippen LogP contribution in [0, 0.1) is 0 Å². The van der Waals surface area contributed by atoms with E-state index in [1.165, 1.54) is 35.4 Å². The average Bonchev–Trinajstić information content (AvgIpc) is 3.54. The van der Waals surface area contributed by atoms with E-state index in [-0.39, 0.29) is 11.4 Å². The lowest BCUT2D eigenvalue weighted by molar-refractivity contribution is -0.136. The number of aromatic nitrogens is 6. The predicted molar refractivity (Wildman–Crippen MR) is 111 cm³/mol. The highest BCUT2D eigenvalue weighted by atomic mass is 19.4. The van der Waals surface area contributed by atoms with Crippen LogP contribution in [0.2, 0.25) is 0 Å². The third-order valence-corrected chi connectivity index (χ3v) is 5.95. The molecule has 1 aliphatic heterocycles. The molecular weight excluding hydrogens is 435 g/mol. The summed E-state index contributed by atoms with van der Waals surface area (Å²) < 4.78 is 43.5. The fourth-order valence-corrected chi connectivity index (χ4v) is 4.46. The molecule has 0 bridgehead atoms. The molecule has 1 N–H and O–H groups in total. The normalized spacial score (nSPS) is 16.5. The van der Waals surface area contributed by atoms with Crippen molar-refractivity contribution in [3.8, 4) is 0 Å². The van der Waals surface area contributed by atoms with Gasteiger partial charge in [-0.25, -0.2) is 14.0 Å². The number of alkyl halides is 3. The summed E-state index contributed by atoms with van der Waals surface area (Å²) in [4.78, 5) is 22.7. The van der Waals surface area contributed by atoms with Gasteiger partial charge in [-0.2, -0.15) is 23.4 Å². The Morgan fingerprint density at radius 3 is 2.79 bits per heavy atom. The molecule has 5 aromatic heterocycles. The van der Waals surface area contributed by atoms with E-state index in [1.54, 1.807) is 21.7 Å². The van der Waals surface area contributed by atoms with Crippen molar-refractivity contribution in [2.24, 2.45) is 0 Å². The van der Waals surface area contributed by atoms with Gasteiger partial charge in [0.2, 0.25) is 0 Å². The Balaban J connectivity index is 1.50. The maximum Gasteiger partial charge on any atom is 0.418 e. The van der Waals surface area contributed by atoms with Crippen LogP contribution in [-0.2, 0) is 12.6 Å². The zero-order valence-corrected chi connectivity index (χ0v) is 17.0. The molecule has 5 aromatic rings. The van der Waals surface area contributed by atoms with Crippen LogP contribution in [0.25, 0.3) is 11.0 Å². The molecule has 1 amide bonds. The molecule has 11 heteroatoms. The Labute approximate surface area is 184 Å². The fourth-order valence-electron chi connectivity index (χ4n) is 4.46. The van der Waals surface area contributed by atoms with Crippen LogP contribution in [0.5, 0.6) is 0 Å².